The van der Waals surface area contributed by atoms with Gasteiger partial charge in [0.15, 0.2) is 0 Å². The van der Waals surface area contributed by atoms with Crippen molar-refractivity contribution in [3.8, 4) is 0 Å². The van der Waals surface area contributed by atoms with E-state index in [4.69, 9.17) is 9.47 Å². The standard InChI is InChI=1S/C22H32FN3O3S/c1-15-12-20(24-30-25(2)3)21(26(15)22(27)28-4)14-29-19-10-8-16(9-11-19)17-6-5-7-18(23)13-17/h5-8,13,15,19-21,24H,9-12,14H2,1-4H3. The van der Waals surface area contributed by atoms with Gasteiger partial charge in [0.2, 0.25) is 0 Å². The number of nitrogens with zero attached hydrogens (tertiary/aromatic N) is 2. The van der Waals surface area contributed by atoms with E-state index in [2.05, 4.69) is 10.8 Å². The van der Waals surface area contributed by atoms with Gasteiger partial charge < -0.3 is 9.47 Å². The summed E-state index contributed by atoms with van der Waals surface area (Å²) in [6.45, 7) is 2.50. The maximum atomic E-state index is 13.5. The highest BCUT2D eigenvalue weighted by molar-refractivity contribution is 7.95. The van der Waals surface area contributed by atoms with Gasteiger partial charge in [-0.2, -0.15) is 0 Å². The van der Waals surface area contributed by atoms with Gasteiger partial charge in [-0.25, -0.2) is 18.2 Å². The van der Waals surface area contributed by atoms with Crippen LogP contribution in [-0.4, -0.2) is 67.3 Å². The molecular weight excluding hydrogens is 405 g/mol. The van der Waals surface area contributed by atoms with E-state index in [1.54, 1.807) is 17.0 Å². The van der Waals surface area contributed by atoms with E-state index >= 15 is 0 Å². The Morgan fingerprint density at radius 1 is 1.40 bits per heavy atom. The molecule has 30 heavy (non-hydrogen) atoms. The molecule has 0 saturated carbocycles. The van der Waals surface area contributed by atoms with Gasteiger partial charge in [0.1, 0.15) is 5.82 Å². The Morgan fingerprint density at radius 2 is 2.20 bits per heavy atom. The fourth-order valence-electron chi connectivity index (χ4n) is 4.22. The molecule has 166 valence electrons. The van der Waals surface area contributed by atoms with Crippen LogP contribution in [0.4, 0.5) is 9.18 Å². The van der Waals surface area contributed by atoms with E-state index in [0.717, 1.165) is 31.2 Å². The lowest BCUT2D eigenvalue weighted by atomic mass is 9.92. The molecular formula is C22H32FN3O3S. The third-order valence-electron chi connectivity index (χ3n) is 5.72. The summed E-state index contributed by atoms with van der Waals surface area (Å²) in [4.78, 5) is 14.2. The molecule has 0 bridgehead atoms. The molecule has 0 aromatic heterocycles. The van der Waals surface area contributed by atoms with Crippen molar-refractivity contribution in [1.29, 1.82) is 0 Å². The zero-order valence-electron chi connectivity index (χ0n) is 18.1. The maximum absolute atomic E-state index is 13.5. The zero-order chi connectivity index (χ0) is 21.7. The number of rotatable bonds is 7. The number of hydrogen-bond donors (Lipinski definition) is 1. The molecule has 1 aromatic carbocycles. The first-order valence-electron chi connectivity index (χ1n) is 10.4. The third kappa shape index (κ3) is 5.75. The lowest BCUT2D eigenvalue weighted by Gasteiger charge is -2.31. The summed E-state index contributed by atoms with van der Waals surface area (Å²) in [5.74, 6) is -0.209. The SMILES string of the molecule is COC(=O)N1C(C)CC(NSN(C)C)C1COC1CC=C(c2cccc(F)c2)CC1. The van der Waals surface area contributed by atoms with Crippen molar-refractivity contribution >= 4 is 23.8 Å². The summed E-state index contributed by atoms with van der Waals surface area (Å²) in [6, 6.07) is 6.85. The topological polar surface area (TPSA) is 54.0 Å². The van der Waals surface area contributed by atoms with Crippen LogP contribution in [0.15, 0.2) is 30.3 Å². The summed E-state index contributed by atoms with van der Waals surface area (Å²) in [5.41, 5.74) is 2.11. The third-order valence-corrected chi connectivity index (χ3v) is 6.50. The van der Waals surface area contributed by atoms with Crippen LogP contribution in [0.5, 0.6) is 0 Å². The predicted octanol–water partition coefficient (Wildman–Crippen LogP) is 4.09. The molecule has 0 spiro atoms. The molecule has 1 N–H and O–H groups in total. The monoisotopic (exact) mass is 437 g/mol. The molecule has 1 aliphatic carbocycles. The van der Waals surface area contributed by atoms with Gasteiger partial charge >= 0.3 is 6.09 Å². The second-order valence-electron chi connectivity index (χ2n) is 8.13. The van der Waals surface area contributed by atoms with Gasteiger partial charge in [0.25, 0.3) is 0 Å². The summed E-state index contributed by atoms with van der Waals surface area (Å²) in [6.07, 6.45) is 5.30. The first-order chi connectivity index (χ1) is 14.4. The summed E-state index contributed by atoms with van der Waals surface area (Å²) in [5, 5.41) is 0. The molecule has 1 amide bonds. The summed E-state index contributed by atoms with van der Waals surface area (Å²) >= 11 is 1.53. The van der Waals surface area contributed by atoms with E-state index in [9.17, 15) is 9.18 Å². The fraction of sp³-hybridized carbons (Fsp3) is 0.591. The minimum absolute atomic E-state index is 0.0807. The summed E-state index contributed by atoms with van der Waals surface area (Å²) in [7, 11) is 5.37. The Kier molecular flexibility index (Phi) is 8.16. The van der Waals surface area contributed by atoms with Crippen molar-refractivity contribution < 1.29 is 18.7 Å². The van der Waals surface area contributed by atoms with E-state index in [-0.39, 0.29) is 36.1 Å². The van der Waals surface area contributed by atoms with Crippen LogP contribution in [0, 0.1) is 5.82 Å². The van der Waals surface area contributed by atoms with Gasteiger partial charge in [-0.1, -0.05) is 18.2 Å². The van der Waals surface area contributed by atoms with Crippen LogP contribution in [0.1, 0.15) is 38.2 Å². The van der Waals surface area contributed by atoms with Gasteiger partial charge in [0, 0.05) is 24.2 Å². The minimum atomic E-state index is -0.313. The van der Waals surface area contributed by atoms with Crippen LogP contribution in [0.3, 0.4) is 0 Å². The van der Waals surface area contributed by atoms with Gasteiger partial charge in [-0.3, -0.25) is 4.90 Å². The van der Waals surface area contributed by atoms with Crippen LogP contribution < -0.4 is 4.72 Å². The molecule has 1 saturated heterocycles. The number of likely N-dealkylation sites (tertiary alicyclic amines) is 1. The van der Waals surface area contributed by atoms with Crippen LogP contribution in [0.25, 0.3) is 5.57 Å². The Labute approximate surface area is 183 Å². The average Bonchev–Trinajstić information content (AvgIpc) is 3.05. The Hall–Kier alpha value is -1.61. The van der Waals surface area contributed by atoms with Crippen molar-refractivity contribution in [2.24, 2.45) is 0 Å². The number of halogens is 1. The molecule has 8 heteroatoms. The summed E-state index contributed by atoms with van der Waals surface area (Å²) < 4.78 is 30.2. The average molecular weight is 438 g/mol. The zero-order valence-corrected chi connectivity index (χ0v) is 19.0. The minimum Gasteiger partial charge on any atom is -0.453 e. The van der Waals surface area contributed by atoms with Gasteiger partial charge in [-0.15, -0.1) is 0 Å². The van der Waals surface area contributed by atoms with Crippen molar-refractivity contribution in [3.63, 3.8) is 0 Å². The molecule has 4 unspecified atom stereocenters. The van der Waals surface area contributed by atoms with Crippen LogP contribution >= 0.6 is 12.1 Å². The Balaban J connectivity index is 1.61. The highest BCUT2D eigenvalue weighted by Crippen LogP contribution is 2.31. The highest BCUT2D eigenvalue weighted by atomic mass is 32.2. The smallest absolute Gasteiger partial charge is 0.410 e. The highest BCUT2D eigenvalue weighted by Gasteiger charge is 2.43. The number of benzene rings is 1. The molecule has 1 heterocycles. The molecule has 3 rings (SSSR count). The van der Waals surface area contributed by atoms with Gasteiger partial charge in [0.05, 0.1) is 25.9 Å². The predicted molar refractivity (Wildman–Crippen MR) is 118 cm³/mol. The first kappa shape index (κ1) is 23.1. The van der Waals surface area contributed by atoms with E-state index < -0.39 is 0 Å². The number of amides is 1. The molecule has 1 aromatic rings. The molecule has 1 aliphatic heterocycles. The second-order valence-corrected chi connectivity index (χ2v) is 9.28. The van der Waals surface area contributed by atoms with Crippen LogP contribution in [0.2, 0.25) is 0 Å². The van der Waals surface area contributed by atoms with E-state index in [1.807, 2.05) is 31.4 Å². The van der Waals surface area contributed by atoms with Crippen molar-refractivity contribution in [3.05, 3.63) is 41.7 Å². The number of carbonyl (C=O) groups excluding carboxylic acids is 1. The number of ether oxygens (including phenoxy) is 2. The maximum Gasteiger partial charge on any atom is 0.410 e. The van der Waals surface area contributed by atoms with Crippen molar-refractivity contribution in [2.45, 2.75) is 56.8 Å². The number of nitrogens with one attached hydrogen (secondary N) is 1. The molecule has 6 nitrogen and oxygen atoms in total. The van der Waals surface area contributed by atoms with E-state index in [1.165, 1.54) is 30.9 Å². The first-order valence-corrected chi connectivity index (χ1v) is 11.2. The Morgan fingerprint density at radius 3 is 2.83 bits per heavy atom. The van der Waals surface area contributed by atoms with Crippen molar-refractivity contribution in [1.82, 2.24) is 13.9 Å². The largest absolute Gasteiger partial charge is 0.453 e. The quantitative estimate of drug-likeness (QED) is 0.649. The van der Waals surface area contributed by atoms with E-state index in [0.29, 0.717) is 6.61 Å². The normalized spacial score (nSPS) is 26.7. The molecule has 4 atom stereocenters. The molecule has 0 radical (unpaired) electrons. The second kappa shape index (κ2) is 10.6. The lowest BCUT2D eigenvalue weighted by molar-refractivity contribution is 0.00679. The van der Waals surface area contributed by atoms with Crippen LogP contribution in [-0.2, 0) is 9.47 Å². The lowest BCUT2D eigenvalue weighted by Crippen LogP contribution is -2.48. The number of methoxy groups -OCH3 is 1. The number of allylic oxidation sites excluding steroid dienone is 1. The van der Waals surface area contributed by atoms with Crippen molar-refractivity contribution in [2.75, 3.05) is 27.8 Å². The molecule has 2 aliphatic rings. The Bertz CT molecular complexity index is 761. The van der Waals surface area contributed by atoms with Gasteiger partial charge in [-0.05, 0) is 70.0 Å². The molecule has 1 fully saturated rings. The fourth-order valence-corrected chi connectivity index (χ4v) is 4.82. The number of carbonyl (C=O) groups is 1. The number of hydrogen-bond acceptors (Lipinski definition) is 6.